The predicted octanol–water partition coefficient (Wildman–Crippen LogP) is 5.48. The summed E-state index contributed by atoms with van der Waals surface area (Å²) >= 11 is 1.57. The third-order valence-corrected chi connectivity index (χ3v) is 6.48. The number of rotatable bonds is 6. The van der Waals surface area contributed by atoms with Gasteiger partial charge in [-0.3, -0.25) is 4.57 Å². The largest absolute Gasteiger partial charge is 0.489 e. The highest BCUT2D eigenvalue weighted by Crippen LogP contribution is 2.33. The van der Waals surface area contributed by atoms with Crippen molar-refractivity contribution in [3.63, 3.8) is 0 Å². The zero-order chi connectivity index (χ0) is 21.9. The molecular weight excluding hydrogens is 423 g/mol. The van der Waals surface area contributed by atoms with Crippen LogP contribution in [0.3, 0.4) is 0 Å². The Morgan fingerprint density at radius 3 is 2.59 bits per heavy atom. The van der Waals surface area contributed by atoms with Gasteiger partial charge in [-0.05, 0) is 59.5 Å². The van der Waals surface area contributed by atoms with Crippen molar-refractivity contribution in [1.82, 2.24) is 9.55 Å². The van der Waals surface area contributed by atoms with E-state index in [9.17, 15) is 9.18 Å². The van der Waals surface area contributed by atoms with E-state index in [1.165, 1.54) is 17.7 Å². The van der Waals surface area contributed by atoms with Crippen molar-refractivity contribution < 1.29 is 9.13 Å². The fraction of sp³-hybridized carbons (Fsp3) is 0.154. The lowest BCUT2D eigenvalue weighted by molar-refractivity contribution is 0.305. The second-order valence-electron chi connectivity index (χ2n) is 7.67. The molecule has 3 aromatic carbocycles. The third-order valence-electron chi connectivity index (χ3n) is 5.49. The highest BCUT2D eigenvalue weighted by Gasteiger charge is 2.19. The standard InChI is InChI=1S/C26H21FN2O2S/c27-21-8-6-18(7-9-21)16-31-22-10-11-23-20(14-22)12-13-29-24(23)15-25(28-26(29)30)32-17-19-4-2-1-3-5-19/h1-11,14-15H,12-13,16-17H2. The van der Waals surface area contributed by atoms with E-state index < -0.39 is 0 Å². The zero-order valence-electron chi connectivity index (χ0n) is 17.3. The first-order valence-corrected chi connectivity index (χ1v) is 11.4. The summed E-state index contributed by atoms with van der Waals surface area (Å²) in [5, 5.41) is 0.731. The number of hydrogen-bond acceptors (Lipinski definition) is 4. The zero-order valence-corrected chi connectivity index (χ0v) is 18.1. The summed E-state index contributed by atoms with van der Waals surface area (Å²) in [5.41, 5.74) is 4.97. The van der Waals surface area contributed by atoms with Crippen molar-refractivity contribution in [2.45, 2.75) is 30.4 Å². The van der Waals surface area contributed by atoms with E-state index in [0.717, 1.165) is 45.3 Å². The molecule has 0 unspecified atom stereocenters. The van der Waals surface area contributed by atoms with Crippen molar-refractivity contribution >= 4 is 11.8 Å². The van der Waals surface area contributed by atoms with Crippen molar-refractivity contribution in [2.24, 2.45) is 0 Å². The molecule has 0 saturated carbocycles. The molecule has 0 aliphatic carbocycles. The van der Waals surface area contributed by atoms with Crippen LogP contribution >= 0.6 is 11.8 Å². The number of hydrogen-bond donors (Lipinski definition) is 0. The minimum Gasteiger partial charge on any atom is -0.489 e. The second kappa shape index (κ2) is 9.01. The molecule has 4 aromatic rings. The number of aryl methyl sites for hydroxylation is 1. The Hall–Kier alpha value is -3.38. The monoisotopic (exact) mass is 444 g/mol. The summed E-state index contributed by atoms with van der Waals surface area (Å²) in [6.07, 6.45) is 0.744. The number of aromatic nitrogens is 2. The molecule has 1 aliphatic heterocycles. The van der Waals surface area contributed by atoms with Crippen molar-refractivity contribution in [2.75, 3.05) is 0 Å². The fourth-order valence-electron chi connectivity index (χ4n) is 3.83. The van der Waals surface area contributed by atoms with Crippen molar-refractivity contribution in [3.8, 4) is 17.0 Å². The van der Waals surface area contributed by atoms with Gasteiger partial charge < -0.3 is 4.74 Å². The van der Waals surface area contributed by atoms with Crippen LogP contribution in [-0.2, 0) is 25.3 Å². The molecule has 0 radical (unpaired) electrons. The molecule has 0 fully saturated rings. The van der Waals surface area contributed by atoms with Crippen LogP contribution in [0.5, 0.6) is 5.75 Å². The normalized spacial score (nSPS) is 12.2. The van der Waals surface area contributed by atoms with Crippen molar-refractivity contribution in [1.29, 1.82) is 0 Å². The molecule has 32 heavy (non-hydrogen) atoms. The van der Waals surface area contributed by atoms with Crippen LogP contribution in [0.15, 0.2) is 88.7 Å². The minimum absolute atomic E-state index is 0.208. The highest BCUT2D eigenvalue weighted by atomic mass is 32.2. The van der Waals surface area contributed by atoms with Gasteiger partial charge in [0.05, 0.1) is 5.69 Å². The molecule has 160 valence electrons. The van der Waals surface area contributed by atoms with E-state index in [-0.39, 0.29) is 11.5 Å². The number of fused-ring (bicyclic) bond motifs is 3. The Balaban J connectivity index is 1.36. The van der Waals surface area contributed by atoms with Crippen LogP contribution in [0.2, 0.25) is 0 Å². The van der Waals surface area contributed by atoms with Gasteiger partial charge >= 0.3 is 5.69 Å². The first-order valence-electron chi connectivity index (χ1n) is 10.4. The third kappa shape index (κ3) is 4.46. The van der Waals surface area contributed by atoms with Crippen LogP contribution in [-0.4, -0.2) is 9.55 Å². The minimum atomic E-state index is -0.257. The summed E-state index contributed by atoms with van der Waals surface area (Å²) in [7, 11) is 0. The van der Waals surface area contributed by atoms with Crippen LogP contribution in [0, 0.1) is 5.82 Å². The first kappa shape index (κ1) is 20.5. The lowest BCUT2D eigenvalue weighted by Crippen LogP contribution is -2.28. The topological polar surface area (TPSA) is 44.1 Å². The van der Waals surface area contributed by atoms with E-state index in [1.807, 2.05) is 42.5 Å². The lowest BCUT2D eigenvalue weighted by atomic mass is 9.97. The number of thioether (sulfide) groups is 1. The highest BCUT2D eigenvalue weighted by molar-refractivity contribution is 7.98. The average molecular weight is 445 g/mol. The maximum atomic E-state index is 13.1. The van der Waals surface area contributed by atoms with E-state index in [4.69, 9.17) is 4.74 Å². The molecule has 4 nitrogen and oxygen atoms in total. The molecule has 0 amide bonds. The van der Waals surface area contributed by atoms with Crippen LogP contribution in [0.4, 0.5) is 4.39 Å². The van der Waals surface area contributed by atoms with Gasteiger partial charge in [0.15, 0.2) is 0 Å². The van der Waals surface area contributed by atoms with Crippen LogP contribution in [0.1, 0.15) is 16.7 Å². The molecule has 0 atom stereocenters. The Morgan fingerprint density at radius 1 is 0.969 bits per heavy atom. The van der Waals surface area contributed by atoms with Gasteiger partial charge in [-0.1, -0.05) is 42.5 Å². The van der Waals surface area contributed by atoms with Gasteiger partial charge in [0, 0.05) is 17.9 Å². The SMILES string of the molecule is O=c1nc(SCc2ccccc2)cc2n1CCc1cc(OCc3ccc(F)cc3)ccc1-2. The van der Waals surface area contributed by atoms with Gasteiger partial charge in [-0.2, -0.15) is 4.98 Å². The van der Waals surface area contributed by atoms with E-state index in [1.54, 1.807) is 28.5 Å². The molecule has 0 N–H and O–H groups in total. The summed E-state index contributed by atoms with van der Waals surface area (Å²) in [6.45, 7) is 0.971. The number of halogens is 1. The molecule has 1 aromatic heterocycles. The molecule has 0 bridgehead atoms. The fourth-order valence-corrected chi connectivity index (χ4v) is 4.67. The van der Waals surface area contributed by atoms with Crippen LogP contribution < -0.4 is 10.4 Å². The lowest BCUT2D eigenvalue weighted by Gasteiger charge is -2.22. The molecule has 1 aliphatic rings. The number of benzene rings is 3. The average Bonchev–Trinajstić information content (AvgIpc) is 2.83. The predicted molar refractivity (Wildman–Crippen MR) is 124 cm³/mol. The molecule has 5 rings (SSSR count). The molecule has 6 heteroatoms. The Bertz CT molecular complexity index is 1300. The summed E-state index contributed by atoms with van der Waals surface area (Å²) in [4.78, 5) is 16.9. The van der Waals surface area contributed by atoms with Crippen LogP contribution in [0.25, 0.3) is 11.3 Å². The van der Waals surface area contributed by atoms with E-state index in [2.05, 4.69) is 17.1 Å². The summed E-state index contributed by atoms with van der Waals surface area (Å²) in [6, 6.07) is 24.4. The quantitative estimate of drug-likeness (QED) is 0.292. The van der Waals surface area contributed by atoms with Gasteiger partial charge in [-0.25, -0.2) is 9.18 Å². The molecule has 2 heterocycles. The second-order valence-corrected chi connectivity index (χ2v) is 8.67. The molecular formula is C26H21FN2O2S. The van der Waals surface area contributed by atoms with Gasteiger partial charge in [0.25, 0.3) is 0 Å². The maximum Gasteiger partial charge on any atom is 0.349 e. The van der Waals surface area contributed by atoms with E-state index in [0.29, 0.717) is 13.2 Å². The summed E-state index contributed by atoms with van der Waals surface area (Å²) in [5.74, 6) is 1.27. The molecule has 0 spiro atoms. The van der Waals surface area contributed by atoms with Crippen molar-refractivity contribution in [3.05, 3.63) is 112 Å². The Labute approximate surface area is 189 Å². The Morgan fingerprint density at radius 2 is 1.78 bits per heavy atom. The van der Waals surface area contributed by atoms with E-state index >= 15 is 0 Å². The number of nitrogens with zero attached hydrogens (tertiary/aromatic N) is 2. The van der Waals surface area contributed by atoms with Gasteiger partial charge in [-0.15, -0.1) is 11.8 Å². The molecule has 0 saturated heterocycles. The maximum absolute atomic E-state index is 13.1. The van der Waals surface area contributed by atoms with Gasteiger partial charge in [0.2, 0.25) is 0 Å². The Kier molecular flexibility index (Phi) is 5.77. The van der Waals surface area contributed by atoms with Gasteiger partial charge in [0.1, 0.15) is 23.2 Å². The first-order chi connectivity index (χ1) is 15.7. The number of ether oxygens (including phenoxy) is 1. The summed E-state index contributed by atoms with van der Waals surface area (Å²) < 4.78 is 20.7. The smallest absolute Gasteiger partial charge is 0.349 e.